The fourth-order valence-electron chi connectivity index (χ4n) is 1.79. The number of halogens is 1. The summed E-state index contributed by atoms with van der Waals surface area (Å²) in [5.41, 5.74) is 0. The first kappa shape index (κ1) is 28.0. The molecule has 30 heavy (non-hydrogen) atoms. The van der Waals surface area contributed by atoms with Crippen molar-refractivity contribution in [2.75, 3.05) is 19.8 Å². The van der Waals surface area contributed by atoms with E-state index in [1.165, 1.54) is 60.7 Å². The Bertz CT molecular complexity index is 766. The van der Waals surface area contributed by atoms with Gasteiger partial charge in [-0.15, -0.1) is 0 Å². The number of carboxylic acids is 1. The van der Waals surface area contributed by atoms with E-state index in [1.807, 2.05) is 0 Å². The smallest absolute Gasteiger partial charge is 0.548 e. The molecule has 156 valence electrons. The van der Waals surface area contributed by atoms with Crippen molar-refractivity contribution in [3.05, 3.63) is 66.5 Å². The van der Waals surface area contributed by atoms with E-state index in [0.29, 0.717) is 5.75 Å². The topological polar surface area (TPSA) is 119 Å². The van der Waals surface area contributed by atoms with Gasteiger partial charge in [-0.25, -0.2) is 4.39 Å². The first-order valence-corrected chi connectivity index (χ1v) is 8.59. The molecule has 0 saturated heterocycles. The number of carbonyl (C=O) groups is 1. The van der Waals surface area contributed by atoms with Gasteiger partial charge in [0.2, 0.25) is 0 Å². The van der Waals surface area contributed by atoms with E-state index >= 15 is 0 Å². The number of rotatable bonds is 11. The number of hydrogen-bond acceptors (Lipinski definition) is 7. The maximum atomic E-state index is 12.8. The summed E-state index contributed by atoms with van der Waals surface area (Å²) in [5.74, 6) is 3.99. The minimum Gasteiger partial charge on any atom is -0.548 e. The van der Waals surface area contributed by atoms with Gasteiger partial charge in [0, 0.05) is 0 Å². The molecule has 9 heteroatoms. The van der Waals surface area contributed by atoms with Crippen LogP contribution in [0.4, 0.5) is 4.39 Å². The van der Waals surface area contributed by atoms with E-state index in [9.17, 15) is 29.6 Å². The van der Waals surface area contributed by atoms with Gasteiger partial charge >= 0.3 is 29.6 Å². The molecular weight excluding hydrogens is 406 g/mol. The minimum absolute atomic E-state index is 0. The van der Waals surface area contributed by atoms with Gasteiger partial charge in [-0.2, -0.15) is 0 Å². The van der Waals surface area contributed by atoms with Crippen molar-refractivity contribution in [3.63, 3.8) is 0 Å². The van der Waals surface area contributed by atoms with Crippen LogP contribution >= 0.6 is 0 Å². The van der Waals surface area contributed by atoms with Crippen LogP contribution in [0, 0.1) is 17.7 Å². The monoisotopic (exact) mass is 428 g/mol. The van der Waals surface area contributed by atoms with Gasteiger partial charge in [0.25, 0.3) is 0 Å². The molecule has 0 bridgehead atoms. The second-order valence-corrected chi connectivity index (χ2v) is 5.67. The normalized spacial score (nSPS) is 14.1. The molecule has 0 heterocycles. The van der Waals surface area contributed by atoms with Crippen LogP contribution < -0.4 is 39.4 Å². The van der Waals surface area contributed by atoms with Gasteiger partial charge in [-0.05, 0) is 42.5 Å². The number of hydrogen-bond donors (Lipinski definition) is 3. The Hall–Kier alpha value is -1.96. The van der Waals surface area contributed by atoms with Crippen LogP contribution in [0.25, 0.3) is 0 Å². The van der Waals surface area contributed by atoms with Crippen LogP contribution in [0.3, 0.4) is 0 Å². The Morgan fingerprint density at radius 3 is 2.40 bits per heavy atom. The zero-order valence-electron chi connectivity index (χ0n) is 16.5. The quantitative estimate of drug-likeness (QED) is 0.192. The van der Waals surface area contributed by atoms with Crippen molar-refractivity contribution in [1.29, 1.82) is 0 Å². The van der Waals surface area contributed by atoms with E-state index in [4.69, 9.17) is 4.74 Å². The molecule has 1 aromatic carbocycles. The predicted octanol–water partition coefficient (Wildman–Crippen LogP) is -3.27. The summed E-state index contributed by atoms with van der Waals surface area (Å²) in [7, 11) is 0. The van der Waals surface area contributed by atoms with Crippen LogP contribution in [-0.2, 0) is 9.53 Å². The average molecular weight is 428 g/mol. The van der Waals surface area contributed by atoms with Crippen molar-refractivity contribution in [2.24, 2.45) is 0 Å². The van der Waals surface area contributed by atoms with Crippen molar-refractivity contribution in [1.82, 2.24) is 0 Å². The number of benzene rings is 1. The van der Waals surface area contributed by atoms with Gasteiger partial charge in [0.05, 0.1) is 19.2 Å². The van der Waals surface area contributed by atoms with Gasteiger partial charge in [0.1, 0.15) is 36.5 Å². The van der Waals surface area contributed by atoms with Crippen LogP contribution in [0.5, 0.6) is 5.75 Å². The molecule has 1 rings (SSSR count). The SMILES string of the molecule is O=C([O-])COC[C@H](O)[C@H](O)C=CC=CC#CC=C[C@H](O)COc1ccc(F)cc1.[Na+]. The summed E-state index contributed by atoms with van der Waals surface area (Å²) in [4.78, 5) is 10.2. The first-order valence-electron chi connectivity index (χ1n) is 8.59. The van der Waals surface area contributed by atoms with E-state index in [0.717, 1.165) is 0 Å². The fourth-order valence-corrected chi connectivity index (χ4v) is 1.79. The number of aliphatic hydroxyl groups is 3. The molecule has 0 aliphatic heterocycles. The molecule has 0 unspecified atom stereocenters. The van der Waals surface area contributed by atoms with Crippen molar-refractivity contribution in [3.8, 4) is 17.6 Å². The molecule has 0 amide bonds. The zero-order chi connectivity index (χ0) is 21.5. The molecule has 1 aromatic rings. The predicted molar refractivity (Wildman–Crippen MR) is 101 cm³/mol. The molecule has 3 N–H and O–H groups in total. The van der Waals surface area contributed by atoms with Crippen molar-refractivity contribution in [2.45, 2.75) is 18.3 Å². The van der Waals surface area contributed by atoms with Gasteiger partial charge < -0.3 is 34.7 Å². The molecular formula is C21H22FNaO7. The van der Waals surface area contributed by atoms with E-state index in [2.05, 4.69) is 16.6 Å². The summed E-state index contributed by atoms with van der Waals surface area (Å²) in [6.07, 6.45) is 5.24. The number of aliphatic hydroxyl groups excluding tert-OH is 3. The first-order chi connectivity index (χ1) is 13.9. The Kier molecular flexibility index (Phi) is 15.7. The molecule has 0 aromatic heterocycles. The largest absolute Gasteiger partial charge is 1.00 e. The van der Waals surface area contributed by atoms with Gasteiger partial charge in [-0.1, -0.05) is 30.1 Å². The Morgan fingerprint density at radius 2 is 1.73 bits per heavy atom. The summed E-state index contributed by atoms with van der Waals surface area (Å²) >= 11 is 0. The molecule has 0 saturated carbocycles. The third kappa shape index (κ3) is 14.1. The average Bonchev–Trinajstić information content (AvgIpc) is 2.69. The third-order valence-electron chi connectivity index (χ3n) is 3.22. The number of carboxylic acid groups (broad SMARTS) is 1. The maximum absolute atomic E-state index is 12.8. The van der Waals surface area contributed by atoms with Crippen molar-refractivity contribution >= 4 is 5.97 Å². The zero-order valence-corrected chi connectivity index (χ0v) is 18.5. The second-order valence-electron chi connectivity index (χ2n) is 5.67. The second kappa shape index (κ2) is 16.8. The van der Waals surface area contributed by atoms with Gasteiger partial charge in [-0.3, -0.25) is 0 Å². The number of aliphatic carboxylic acids is 1. The molecule has 0 aliphatic carbocycles. The van der Waals surface area contributed by atoms with Crippen LogP contribution in [-0.4, -0.2) is 59.4 Å². The summed E-state index contributed by atoms with van der Waals surface area (Å²) in [5, 5.41) is 39.0. The Labute approximate surface area is 196 Å². The van der Waals surface area contributed by atoms with E-state index in [-0.39, 0.29) is 48.6 Å². The van der Waals surface area contributed by atoms with Crippen LogP contribution in [0.1, 0.15) is 0 Å². The molecule has 7 nitrogen and oxygen atoms in total. The molecule has 0 spiro atoms. The molecule has 3 atom stereocenters. The van der Waals surface area contributed by atoms with Crippen molar-refractivity contribution < 1.29 is 68.6 Å². The van der Waals surface area contributed by atoms with Crippen LogP contribution in [0.2, 0.25) is 0 Å². The maximum Gasteiger partial charge on any atom is 1.00 e. The van der Waals surface area contributed by atoms with E-state index < -0.39 is 30.9 Å². The molecule has 0 aliphatic rings. The molecule has 0 fully saturated rings. The van der Waals surface area contributed by atoms with Gasteiger partial charge in [0.15, 0.2) is 0 Å². The van der Waals surface area contributed by atoms with Crippen LogP contribution in [0.15, 0.2) is 60.7 Å². The minimum atomic E-state index is -1.41. The summed E-state index contributed by atoms with van der Waals surface area (Å²) < 4.78 is 22.7. The Balaban J connectivity index is 0.00000841. The number of ether oxygens (including phenoxy) is 2. The third-order valence-corrected chi connectivity index (χ3v) is 3.22. The van der Waals surface area contributed by atoms with E-state index in [1.54, 1.807) is 0 Å². The summed E-state index contributed by atoms with van der Waals surface area (Å²) in [6, 6.07) is 5.43. The standard InChI is InChI=1S/C21H23FO7.Na/c22-16-9-11-18(12-10-16)29-13-17(23)7-5-3-1-2-4-6-8-19(24)20(25)14-28-15-21(26)27;/h2,4-12,17,19-20,23-25H,13-15H2,(H,26,27);/q;+1/p-1/t17-,19+,20-;/m0./s1. The molecule has 0 radical (unpaired) electrons. The number of carbonyl (C=O) groups excluding carboxylic acids is 1. The Morgan fingerprint density at radius 1 is 1.07 bits per heavy atom. The fraction of sp³-hybridized carbons (Fsp3) is 0.286. The summed E-state index contributed by atoms with van der Waals surface area (Å²) in [6.45, 7) is -1.01. The number of allylic oxidation sites excluding steroid dienone is 4.